The Labute approximate surface area is 235 Å². The Kier molecular flexibility index (Phi) is 9.80. The summed E-state index contributed by atoms with van der Waals surface area (Å²) in [5.74, 6) is -3.33. The van der Waals surface area contributed by atoms with Crippen molar-refractivity contribution >= 4 is 45.4 Å². The minimum absolute atomic E-state index is 0.0214. The molecule has 1 atom stereocenters. The Balaban J connectivity index is 1.66. The number of nitrogens with zero attached hydrogens (tertiary/aromatic N) is 1. The number of alkyl halides is 6. The van der Waals surface area contributed by atoms with Gasteiger partial charge in [-0.3, -0.25) is 9.59 Å². The van der Waals surface area contributed by atoms with Gasteiger partial charge in [-0.05, 0) is 83.1 Å². The van der Waals surface area contributed by atoms with Crippen LogP contribution in [0.25, 0.3) is 6.08 Å². The van der Waals surface area contributed by atoms with Gasteiger partial charge < -0.3 is 10.2 Å². The van der Waals surface area contributed by atoms with Crippen molar-refractivity contribution in [2.45, 2.75) is 57.4 Å². The number of nitrogens with one attached hydrogen (secondary N) is 1. The molecule has 1 N–H and O–H groups in total. The molecule has 4 nitrogen and oxygen atoms in total. The predicted molar refractivity (Wildman–Crippen MR) is 141 cm³/mol. The van der Waals surface area contributed by atoms with E-state index in [0.717, 1.165) is 11.0 Å². The fraction of sp³-hybridized carbons (Fsp3) is 0.407. The topological polar surface area (TPSA) is 49.4 Å². The summed E-state index contributed by atoms with van der Waals surface area (Å²) in [6.45, 7) is 3.62. The van der Waals surface area contributed by atoms with E-state index in [2.05, 4.69) is 21.2 Å². The number of allylic oxidation sites excluding steroid dienone is 1. The molecule has 3 rings (SSSR count). The Bertz CT molecular complexity index is 1230. The highest BCUT2D eigenvalue weighted by Crippen LogP contribution is 2.38. The van der Waals surface area contributed by atoms with Crippen LogP contribution in [0.3, 0.4) is 0 Å². The number of likely N-dealkylation sites (tertiary alicyclic amines) is 1. The largest absolute Gasteiger partial charge is 0.399 e. The first kappa shape index (κ1) is 31.0. The van der Waals surface area contributed by atoms with Crippen molar-refractivity contribution in [2.24, 2.45) is 0 Å². The predicted octanol–water partition coefficient (Wildman–Crippen LogP) is 7.75. The second-order valence-electron chi connectivity index (χ2n) is 9.48. The first-order chi connectivity index (χ1) is 18.0. The van der Waals surface area contributed by atoms with Gasteiger partial charge in [-0.15, -0.1) is 0 Å². The molecule has 2 aromatic carbocycles. The third-order valence-electron chi connectivity index (χ3n) is 6.59. The zero-order valence-electron chi connectivity index (χ0n) is 21.0. The maximum atomic E-state index is 13.9. The van der Waals surface area contributed by atoms with Gasteiger partial charge in [-0.1, -0.05) is 35.9 Å². The third-order valence-corrected chi connectivity index (χ3v) is 7.64. The van der Waals surface area contributed by atoms with Crippen LogP contribution >= 0.6 is 27.5 Å². The smallest absolute Gasteiger partial charge is 0.349 e. The van der Waals surface area contributed by atoms with Gasteiger partial charge in [0.15, 0.2) is 0 Å². The zero-order chi connectivity index (χ0) is 29.1. The number of hydrogen-bond acceptors (Lipinski definition) is 2. The average molecular weight is 640 g/mol. The van der Waals surface area contributed by atoms with Gasteiger partial charge in [-0.2, -0.15) is 26.3 Å². The Morgan fingerprint density at radius 3 is 2.28 bits per heavy atom. The van der Waals surface area contributed by atoms with Gasteiger partial charge >= 0.3 is 12.4 Å². The Morgan fingerprint density at radius 2 is 1.74 bits per heavy atom. The van der Waals surface area contributed by atoms with E-state index in [0.29, 0.717) is 34.0 Å². The number of amides is 2. The second kappa shape index (κ2) is 12.3. The highest BCUT2D eigenvalue weighted by atomic mass is 79.9. The lowest BCUT2D eigenvalue weighted by Gasteiger charge is -2.32. The molecule has 0 radical (unpaired) electrons. The lowest BCUT2D eigenvalue weighted by atomic mass is 9.94. The molecule has 0 bridgehead atoms. The molecular formula is C27H26BrClF6N2O2. The average Bonchev–Trinajstić information content (AvgIpc) is 2.81. The van der Waals surface area contributed by atoms with E-state index in [-0.39, 0.29) is 35.3 Å². The van der Waals surface area contributed by atoms with Crippen molar-refractivity contribution in [2.75, 3.05) is 13.1 Å². The molecule has 212 valence electrons. The van der Waals surface area contributed by atoms with E-state index in [1.54, 1.807) is 13.8 Å². The molecule has 12 heteroatoms. The molecule has 1 aliphatic heterocycles. The molecule has 2 amide bonds. The first-order valence-corrected chi connectivity index (χ1v) is 13.2. The molecule has 0 aliphatic carbocycles. The van der Waals surface area contributed by atoms with Crippen LogP contribution < -0.4 is 5.32 Å². The van der Waals surface area contributed by atoms with Crippen LogP contribution in [-0.4, -0.2) is 48.2 Å². The van der Waals surface area contributed by atoms with Crippen LogP contribution in [0.15, 0.2) is 40.9 Å². The normalized spacial score (nSPS) is 16.0. The molecule has 1 fully saturated rings. The minimum atomic E-state index is -4.57. The van der Waals surface area contributed by atoms with Crippen molar-refractivity contribution in [1.29, 1.82) is 0 Å². The molecule has 39 heavy (non-hydrogen) atoms. The SMILES string of the molecule is Cc1cc(C(/C=C/c2ccc(C(=O)NC3CCN(C(=O)CC(F)(F)F)CC3)c(Br)c2)C(F)(F)F)cc(Cl)c1C. The minimum Gasteiger partial charge on any atom is -0.349 e. The Hall–Kier alpha value is -2.53. The van der Waals surface area contributed by atoms with E-state index in [1.165, 1.54) is 36.4 Å². The molecular weight excluding hydrogens is 614 g/mol. The highest BCUT2D eigenvalue weighted by Gasteiger charge is 2.39. The fourth-order valence-electron chi connectivity index (χ4n) is 4.28. The number of hydrogen-bond donors (Lipinski definition) is 1. The number of halogens is 8. The van der Waals surface area contributed by atoms with Crippen molar-refractivity contribution in [3.8, 4) is 0 Å². The molecule has 0 saturated carbocycles. The standard InChI is InChI=1S/C27H26BrClF6N2O2/c1-15-11-18(13-23(29)16(15)2)21(27(33,34)35)6-4-17-3-5-20(22(28)12-17)25(39)36-19-7-9-37(10-8-19)24(38)14-26(30,31)32/h3-6,11-13,19,21H,7-10,14H2,1-2H3,(H,36,39)/b6-4+. The Morgan fingerprint density at radius 1 is 1.10 bits per heavy atom. The lowest BCUT2D eigenvalue weighted by Crippen LogP contribution is -2.47. The molecule has 1 heterocycles. The van der Waals surface area contributed by atoms with Gasteiger partial charge in [0.2, 0.25) is 5.91 Å². The number of aryl methyl sites for hydroxylation is 1. The summed E-state index contributed by atoms with van der Waals surface area (Å²) in [7, 11) is 0. The summed E-state index contributed by atoms with van der Waals surface area (Å²) in [5.41, 5.74) is 2.06. The van der Waals surface area contributed by atoms with E-state index >= 15 is 0 Å². The summed E-state index contributed by atoms with van der Waals surface area (Å²) < 4.78 is 79.3. The van der Waals surface area contributed by atoms with Crippen molar-refractivity contribution in [3.63, 3.8) is 0 Å². The number of carbonyl (C=O) groups is 2. The molecule has 0 spiro atoms. The van der Waals surface area contributed by atoms with Crippen LogP contribution in [0.2, 0.25) is 5.02 Å². The van der Waals surface area contributed by atoms with Gasteiger partial charge in [0.1, 0.15) is 6.42 Å². The fourth-order valence-corrected chi connectivity index (χ4v) is 5.13. The number of piperidine rings is 1. The van der Waals surface area contributed by atoms with E-state index in [4.69, 9.17) is 11.6 Å². The summed E-state index contributed by atoms with van der Waals surface area (Å²) in [5, 5.41) is 3.06. The molecule has 2 aromatic rings. The third kappa shape index (κ3) is 8.48. The van der Waals surface area contributed by atoms with E-state index in [9.17, 15) is 35.9 Å². The van der Waals surface area contributed by atoms with Crippen LogP contribution in [0, 0.1) is 13.8 Å². The number of carbonyl (C=O) groups excluding carboxylic acids is 2. The summed E-state index contributed by atoms with van der Waals surface area (Å²) >= 11 is 9.41. The lowest BCUT2D eigenvalue weighted by molar-refractivity contribution is -0.162. The summed E-state index contributed by atoms with van der Waals surface area (Å²) in [4.78, 5) is 25.7. The molecule has 1 saturated heterocycles. The van der Waals surface area contributed by atoms with Crippen LogP contribution in [-0.2, 0) is 4.79 Å². The second-order valence-corrected chi connectivity index (χ2v) is 10.7. The summed E-state index contributed by atoms with van der Waals surface area (Å²) in [6.07, 6.45) is -7.68. The van der Waals surface area contributed by atoms with Gasteiger partial charge in [0, 0.05) is 28.6 Å². The van der Waals surface area contributed by atoms with Crippen LogP contribution in [0.5, 0.6) is 0 Å². The first-order valence-electron chi connectivity index (χ1n) is 12.0. The zero-order valence-corrected chi connectivity index (χ0v) is 23.4. The van der Waals surface area contributed by atoms with Gasteiger partial charge in [0.05, 0.1) is 11.5 Å². The molecule has 1 aliphatic rings. The number of rotatable bonds is 6. The van der Waals surface area contributed by atoms with Crippen LogP contribution in [0.4, 0.5) is 26.3 Å². The quantitative estimate of drug-likeness (QED) is 0.329. The van der Waals surface area contributed by atoms with Crippen molar-refractivity contribution in [1.82, 2.24) is 10.2 Å². The van der Waals surface area contributed by atoms with E-state index in [1.807, 2.05) is 0 Å². The van der Waals surface area contributed by atoms with Gasteiger partial charge in [-0.25, -0.2) is 0 Å². The van der Waals surface area contributed by atoms with Crippen molar-refractivity contribution < 1.29 is 35.9 Å². The maximum absolute atomic E-state index is 13.9. The van der Waals surface area contributed by atoms with Gasteiger partial charge in [0.25, 0.3) is 5.91 Å². The monoisotopic (exact) mass is 638 g/mol. The number of benzene rings is 2. The molecule has 1 unspecified atom stereocenters. The highest BCUT2D eigenvalue weighted by molar-refractivity contribution is 9.10. The molecule has 0 aromatic heterocycles. The van der Waals surface area contributed by atoms with Crippen molar-refractivity contribution in [3.05, 3.63) is 73.7 Å². The van der Waals surface area contributed by atoms with Crippen LogP contribution in [0.1, 0.15) is 57.8 Å². The summed E-state index contributed by atoms with van der Waals surface area (Å²) in [6, 6.07) is 6.93. The maximum Gasteiger partial charge on any atom is 0.399 e. The van der Waals surface area contributed by atoms with E-state index < -0.39 is 36.5 Å².